The molecule has 1 aromatic carbocycles. The van der Waals surface area contributed by atoms with Crippen molar-refractivity contribution in [3.63, 3.8) is 0 Å². The Hall–Kier alpha value is -1.06. The van der Waals surface area contributed by atoms with Crippen molar-refractivity contribution in [2.45, 2.75) is 45.6 Å². The Morgan fingerprint density at radius 1 is 1.23 bits per heavy atom. The Morgan fingerprint density at radius 2 is 1.86 bits per heavy atom. The van der Waals surface area contributed by atoms with E-state index in [4.69, 9.17) is 11.6 Å². The van der Waals surface area contributed by atoms with Crippen LogP contribution in [0.5, 0.6) is 0 Å². The largest absolute Gasteiger partial charge is 0.335 e. The van der Waals surface area contributed by atoms with E-state index in [0.29, 0.717) is 10.6 Å². The van der Waals surface area contributed by atoms with E-state index < -0.39 is 0 Å². The van der Waals surface area contributed by atoms with Gasteiger partial charge < -0.3 is 4.90 Å². The molecule has 1 saturated heterocycles. The summed E-state index contributed by atoms with van der Waals surface area (Å²) in [5, 5.41) is 0.550. The molecule has 1 aliphatic heterocycles. The molecule has 122 valence electrons. The van der Waals surface area contributed by atoms with Crippen LogP contribution in [-0.2, 0) is 5.41 Å². The zero-order chi connectivity index (χ0) is 16.7. The lowest BCUT2D eigenvalue weighted by Crippen LogP contribution is -2.58. The third-order valence-electron chi connectivity index (χ3n) is 4.67. The molecule has 0 N–H and O–H groups in total. The van der Waals surface area contributed by atoms with Crippen molar-refractivity contribution in [3.8, 4) is 0 Å². The maximum absolute atomic E-state index is 12.8. The van der Waals surface area contributed by atoms with Crippen LogP contribution >= 0.6 is 11.6 Å². The van der Waals surface area contributed by atoms with Gasteiger partial charge in [0.2, 0.25) is 0 Å². The van der Waals surface area contributed by atoms with E-state index >= 15 is 0 Å². The van der Waals surface area contributed by atoms with E-state index in [1.165, 1.54) is 0 Å². The molecule has 1 heterocycles. The summed E-state index contributed by atoms with van der Waals surface area (Å²) in [5.41, 5.74) is 1.77. The molecule has 22 heavy (non-hydrogen) atoms. The van der Waals surface area contributed by atoms with E-state index in [0.717, 1.165) is 25.2 Å². The molecule has 1 fully saturated rings. The number of rotatable bonds is 1. The summed E-state index contributed by atoms with van der Waals surface area (Å²) in [6.45, 7) is 13.1. The third-order valence-corrected chi connectivity index (χ3v) is 4.98. The second-order valence-electron chi connectivity index (χ2n) is 7.91. The minimum absolute atomic E-state index is 0.00820. The van der Waals surface area contributed by atoms with Crippen LogP contribution in [0.4, 0.5) is 0 Å². The first kappa shape index (κ1) is 17.3. The fourth-order valence-electron chi connectivity index (χ4n) is 2.74. The van der Waals surface area contributed by atoms with Crippen LogP contribution in [0.25, 0.3) is 0 Å². The molecule has 2 rings (SSSR count). The Morgan fingerprint density at radius 3 is 2.36 bits per heavy atom. The molecule has 0 spiro atoms. The zero-order valence-electron chi connectivity index (χ0n) is 14.5. The molecule has 0 saturated carbocycles. The van der Waals surface area contributed by atoms with E-state index in [2.05, 4.69) is 46.6 Å². The SMILES string of the molecule is CN1CCN(C(=O)c2ccc(C(C)(C)C)cc2Cl)CC1(C)C. The summed E-state index contributed by atoms with van der Waals surface area (Å²) < 4.78 is 0. The van der Waals surface area contributed by atoms with Crippen LogP contribution in [0.1, 0.15) is 50.5 Å². The van der Waals surface area contributed by atoms with Crippen molar-refractivity contribution in [1.29, 1.82) is 0 Å². The lowest BCUT2D eigenvalue weighted by molar-refractivity contribution is 0.0311. The second kappa shape index (κ2) is 5.86. The fourth-order valence-corrected chi connectivity index (χ4v) is 3.00. The van der Waals surface area contributed by atoms with Gasteiger partial charge in [-0.25, -0.2) is 0 Å². The standard InChI is InChI=1S/C18H27ClN2O/c1-17(2,3)13-7-8-14(15(19)11-13)16(22)21-10-9-20(6)18(4,5)12-21/h7-8,11H,9-10,12H2,1-6H3. The minimum Gasteiger partial charge on any atom is -0.335 e. The number of benzene rings is 1. The highest BCUT2D eigenvalue weighted by Crippen LogP contribution is 2.29. The molecular weight excluding hydrogens is 296 g/mol. The van der Waals surface area contributed by atoms with Crippen molar-refractivity contribution in [2.75, 3.05) is 26.7 Å². The molecule has 1 aromatic rings. The number of carbonyl (C=O) groups excluding carboxylic acids is 1. The van der Waals surface area contributed by atoms with Crippen LogP contribution in [0.3, 0.4) is 0 Å². The lowest BCUT2D eigenvalue weighted by atomic mass is 9.86. The van der Waals surface area contributed by atoms with Crippen molar-refractivity contribution < 1.29 is 4.79 Å². The maximum Gasteiger partial charge on any atom is 0.255 e. The molecule has 1 amide bonds. The first-order chi connectivity index (χ1) is 10.0. The summed E-state index contributed by atoms with van der Waals surface area (Å²) in [4.78, 5) is 17.0. The molecule has 0 bridgehead atoms. The Bertz CT molecular complexity index is 575. The number of carbonyl (C=O) groups is 1. The average Bonchev–Trinajstić information content (AvgIpc) is 2.40. The molecule has 4 heteroatoms. The highest BCUT2D eigenvalue weighted by molar-refractivity contribution is 6.33. The van der Waals surface area contributed by atoms with Crippen molar-refractivity contribution in [1.82, 2.24) is 9.80 Å². The predicted molar refractivity (Wildman–Crippen MR) is 92.8 cm³/mol. The van der Waals surface area contributed by atoms with Crippen LogP contribution in [0, 0.1) is 0 Å². The van der Waals surface area contributed by atoms with Gasteiger partial charge in [-0.3, -0.25) is 9.69 Å². The summed E-state index contributed by atoms with van der Waals surface area (Å²) in [6, 6.07) is 5.81. The van der Waals surface area contributed by atoms with Gasteiger partial charge in [-0.15, -0.1) is 0 Å². The Kier molecular flexibility index (Phi) is 4.61. The molecule has 0 unspecified atom stereocenters. The van der Waals surface area contributed by atoms with Crippen molar-refractivity contribution >= 4 is 17.5 Å². The van der Waals surface area contributed by atoms with E-state index in [1.54, 1.807) is 0 Å². The van der Waals surface area contributed by atoms with Gasteiger partial charge in [0, 0.05) is 25.2 Å². The third kappa shape index (κ3) is 3.47. The van der Waals surface area contributed by atoms with Gasteiger partial charge in [0.05, 0.1) is 10.6 Å². The van der Waals surface area contributed by atoms with Gasteiger partial charge in [-0.1, -0.05) is 38.4 Å². The molecule has 0 aromatic heterocycles. The van der Waals surface area contributed by atoms with Gasteiger partial charge in [0.1, 0.15) is 0 Å². The van der Waals surface area contributed by atoms with Gasteiger partial charge in [0.25, 0.3) is 5.91 Å². The summed E-state index contributed by atoms with van der Waals surface area (Å²) >= 11 is 6.39. The van der Waals surface area contributed by atoms with Crippen molar-refractivity contribution in [2.24, 2.45) is 0 Å². The monoisotopic (exact) mass is 322 g/mol. The van der Waals surface area contributed by atoms with Crippen LogP contribution < -0.4 is 0 Å². The molecule has 0 radical (unpaired) electrons. The molecular formula is C18H27ClN2O. The molecule has 0 aliphatic carbocycles. The molecule has 1 aliphatic rings. The van der Waals surface area contributed by atoms with Gasteiger partial charge in [-0.2, -0.15) is 0 Å². The fraction of sp³-hybridized carbons (Fsp3) is 0.611. The number of piperazine rings is 1. The summed E-state index contributed by atoms with van der Waals surface area (Å²) in [7, 11) is 2.10. The van der Waals surface area contributed by atoms with Crippen molar-refractivity contribution in [3.05, 3.63) is 34.3 Å². The maximum atomic E-state index is 12.8. The highest BCUT2D eigenvalue weighted by Gasteiger charge is 2.34. The quantitative estimate of drug-likeness (QED) is 0.785. The highest BCUT2D eigenvalue weighted by atomic mass is 35.5. The number of hydrogen-bond donors (Lipinski definition) is 0. The lowest BCUT2D eigenvalue weighted by Gasteiger charge is -2.45. The predicted octanol–water partition coefficient (Wildman–Crippen LogP) is 3.80. The number of hydrogen-bond acceptors (Lipinski definition) is 2. The van der Waals surface area contributed by atoms with Crippen LogP contribution in [-0.4, -0.2) is 47.9 Å². The smallest absolute Gasteiger partial charge is 0.255 e. The number of nitrogens with zero attached hydrogens (tertiary/aromatic N) is 2. The average molecular weight is 323 g/mol. The van der Waals surface area contributed by atoms with Gasteiger partial charge >= 0.3 is 0 Å². The summed E-state index contributed by atoms with van der Waals surface area (Å²) in [5.74, 6) is 0.0339. The number of amides is 1. The number of halogens is 1. The number of likely N-dealkylation sites (N-methyl/N-ethyl adjacent to an activating group) is 1. The van der Waals surface area contributed by atoms with E-state index in [9.17, 15) is 4.79 Å². The second-order valence-corrected chi connectivity index (χ2v) is 8.31. The Balaban J connectivity index is 2.24. The first-order valence-corrected chi connectivity index (χ1v) is 8.21. The Labute approximate surface area is 139 Å². The molecule has 0 atom stereocenters. The van der Waals surface area contributed by atoms with E-state index in [1.807, 2.05) is 23.1 Å². The summed E-state index contributed by atoms with van der Waals surface area (Å²) in [6.07, 6.45) is 0. The zero-order valence-corrected chi connectivity index (χ0v) is 15.3. The van der Waals surface area contributed by atoms with Gasteiger partial charge in [0.15, 0.2) is 0 Å². The van der Waals surface area contributed by atoms with Crippen LogP contribution in [0.15, 0.2) is 18.2 Å². The van der Waals surface area contributed by atoms with E-state index in [-0.39, 0.29) is 16.9 Å². The normalized spacial score (nSPS) is 19.3. The topological polar surface area (TPSA) is 23.6 Å². The van der Waals surface area contributed by atoms with Crippen LogP contribution in [0.2, 0.25) is 5.02 Å². The minimum atomic E-state index is -0.00820. The van der Waals surface area contributed by atoms with Gasteiger partial charge in [-0.05, 0) is 44.0 Å². The molecule has 3 nitrogen and oxygen atoms in total. The first-order valence-electron chi connectivity index (χ1n) is 7.83.